The zero-order valence-electron chi connectivity index (χ0n) is 16.0. The van der Waals surface area contributed by atoms with Crippen molar-refractivity contribution in [3.8, 4) is 17.1 Å². The largest absolute Gasteiger partial charge is 0.497 e. The molecule has 1 aromatic carbocycles. The maximum absolute atomic E-state index is 12.4. The van der Waals surface area contributed by atoms with Crippen LogP contribution in [0.1, 0.15) is 51.8 Å². The molecular weight excluding hydrogens is 330 g/mol. The van der Waals surface area contributed by atoms with Crippen LogP contribution < -0.4 is 4.74 Å². The van der Waals surface area contributed by atoms with Crippen LogP contribution >= 0.6 is 0 Å². The van der Waals surface area contributed by atoms with Gasteiger partial charge in [0.15, 0.2) is 0 Å². The van der Waals surface area contributed by atoms with Crippen molar-refractivity contribution in [1.82, 2.24) is 15.0 Å². The number of carbonyl (C=O) groups excluding carboxylic acids is 1. The summed E-state index contributed by atoms with van der Waals surface area (Å²) in [6.45, 7) is 7.77. The Balaban J connectivity index is 1.62. The lowest BCUT2D eigenvalue weighted by Crippen LogP contribution is -2.39. The van der Waals surface area contributed by atoms with E-state index in [1.54, 1.807) is 7.11 Å². The monoisotopic (exact) mass is 357 g/mol. The number of amides is 1. The van der Waals surface area contributed by atoms with E-state index in [0.29, 0.717) is 18.1 Å². The molecule has 1 aromatic heterocycles. The lowest BCUT2D eigenvalue weighted by atomic mass is 9.90. The van der Waals surface area contributed by atoms with E-state index in [-0.39, 0.29) is 17.2 Å². The summed E-state index contributed by atoms with van der Waals surface area (Å²) in [7, 11) is 1.63. The van der Waals surface area contributed by atoms with Crippen LogP contribution in [0, 0.1) is 5.41 Å². The first kappa shape index (κ1) is 18.4. The summed E-state index contributed by atoms with van der Waals surface area (Å²) in [5, 5.41) is 4.12. The Morgan fingerprint density at radius 3 is 2.69 bits per heavy atom. The van der Waals surface area contributed by atoms with Crippen molar-refractivity contribution in [3.63, 3.8) is 0 Å². The number of likely N-dealkylation sites (tertiary alicyclic amines) is 1. The predicted octanol–water partition coefficient (Wildman–Crippen LogP) is 3.89. The average molecular weight is 357 g/mol. The van der Waals surface area contributed by atoms with E-state index in [2.05, 4.69) is 30.9 Å². The van der Waals surface area contributed by atoms with Gasteiger partial charge < -0.3 is 14.2 Å². The van der Waals surface area contributed by atoms with Crippen LogP contribution in [-0.2, 0) is 4.79 Å². The summed E-state index contributed by atoms with van der Waals surface area (Å²) in [5.74, 6) is 2.44. The highest BCUT2D eigenvalue weighted by Gasteiger charge is 2.29. The molecule has 6 nitrogen and oxygen atoms in total. The maximum Gasteiger partial charge on any atom is 0.230 e. The molecule has 0 spiro atoms. The van der Waals surface area contributed by atoms with E-state index in [1.165, 1.54) is 0 Å². The van der Waals surface area contributed by atoms with Gasteiger partial charge in [-0.2, -0.15) is 4.98 Å². The molecule has 1 amide bonds. The Bertz CT molecular complexity index is 756. The standard InChI is InChI=1S/C20H27N3O3/c1-20(2,3)13-17(24)23-10-8-14(9-11-23)19-21-18(22-26-19)15-6-5-7-16(12-15)25-4/h5-7,12,14H,8-11,13H2,1-4H3. The van der Waals surface area contributed by atoms with Gasteiger partial charge in [0.05, 0.1) is 7.11 Å². The van der Waals surface area contributed by atoms with Crippen molar-refractivity contribution in [3.05, 3.63) is 30.2 Å². The van der Waals surface area contributed by atoms with Crippen LogP contribution in [0.15, 0.2) is 28.8 Å². The normalized spacial score (nSPS) is 15.9. The van der Waals surface area contributed by atoms with Gasteiger partial charge in [-0.15, -0.1) is 0 Å². The van der Waals surface area contributed by atoms with Gasteiger partial charge in [0.25, 0.3) is 0 Å². The van der Waals surface area contributed by atoms with E-state index in [4.69, 9.17) is 9.26 Å². The Labute approximate surface area is 154 Å². The Morgan fingerprint density at radius 2 is 2.04 bits per heavy atom. The molecule has 0 bridgehead atoms. The molecule has 1 saturated heterocycles. The number of hydrogen-bond donors (Lipinski definition) is 0. The molecule has 0 saturated carbocycles. The first-order chi connectivity index (χ1) is 12.4. The van der Waals surface area contributed by atoms with Gasteiger partial charge in [-0.3, -0.25) is 4.79 Å². The number of hydrogen-bond acceptors (Lipinski definition) is 5. The summed E-state index contributed by atoms with van der Waals surface area (Å²) < 4.78 is 10.7. The number of aromatic nitrogens is 2. The zero-order valence-corrected chi connectivity index (χ0v) is 16.0. The van der Waals surface area contributed by atoms with Crippen LogP contribution in [0.2, 0.25) is 0 Å². The van der Waals surface area contributed by atoms with Gasteiger partial charge in [-0.05, 0) is 30.4 Å². The van der Waals surface area contributed by atoms with Gasteiger partial charge in [-0.25, -0.2) is 0 Å². The summed E-state index contributed by atoms with van der Waals surface area (Å²) in [4.78, 5) is 18.9. The highest BCUT2D eigenvalue weighted by atomic mass is 16.5. The van der Waals surface area contributed by atoms with Crippen molar-refractivity contribution in [1.29, 1.82) is 0 Å². The molecule has 2 heterocycles. The smallest absolute Gasteiger partial charge is 0.230 e. The third-order valence-electron chi connectivity index (χ3n) is 4.65. The minimum Gasteiger partial charge on any atom is -0.497 e. The van der Waals surface area contributed by atoms with Gasteiger partial charge in [0.2, 0.25) is 17.6 Å². The topological polar surface area (TPSA) is 68.5 Å². The number of nitrogens with zero attached hydrogens (tertiary/aromatic N) is 3. The van der Waals surface area contributed by atoms with Crippen LogP contribution in [0.5, 0.6) is 5.75 Å². The third-order valence-corrected chi connectivity index (χ3v) is 4.65. The summed E-state index contributed by atoms with van der Waals surface area (Å²) in [5.41, 5.74) is 0.892. The first-order valence-electron chi connectivity index (χ1n) is 9.11. The Morgan fingerprint density at radius 1 is 1.31 bits per heavy atom. The van der Waals surface area contributed by atoms with Crippen LogP contribution in [-0.4, -0.2) is 41.1 Å². The van der Waals surface area contributed by atoms with E-state index in [1.807, 2.05) is 29.2 Å². The molecule has 0 atom stereocenters. The molecular formula is C20H27N3O3. The quantitative estimate of drug-likeness (QED) is 0.830. The number of benzene rings is 1. The lowest BCUT2D eigenvalue weighted by Gasteiger charge is -2.32. The minimum absolute atomic E-state index is 0.0199. The molecule has 140 valence electrons. The fraction of sp³-hybridized carbons (Fsp3) is 0.550. The second-order valence-corrected chi connectivity index (χ2v) is 8.08. The second-order valence-electron chi connectivity index (χ2n) is 8.08. The zero-order chi connectivity index (χ0) is 18.7. The van der Waals surface area contributed by atoms with E-state index in [9.17, 15) is 4.79 Å². The molecule has 0 aliphatic carbocycles. The summed E-state index contributed by atoms with van der Waals surface area (Å²) in [6.07, 6.45) is 2.30. The van der Waals surface area contributed by atoms with Gasteiger partial charge in [-0.1, -0.05) is 38.1 Å². The SMILES string of the molecule is COc1cccc(-c2noc(C3CCN(C(=O)CC(C)(C)C)CC3)n2)c1. The van der Waals surface area contributed by atoms with E-state index < -0.39 is 0 Å². The van der Waals surface area contributed by atoms with E-state index in [0.717, 1.165) is 37.2 Å². The van der Waals surface area contributed by atoms with Crippen LogP contribution in [0.25, 0.3) is 11.4 Å². The van der Waals surface area contributed by atoms with Gasteiger partial charge in [0.1, 0.15) is 5.75 Å². The molecule has 1 fully saturated rings. The second kappa shape index (κ2) is 7.48. The van der Waals surface area contributed by atoms with Gasteiger partial charge >= 0.3 is 0 Å². The number of rotatable bonds is 4. The minimum atomic E-state index is 0.0199. The molecule has 1 aliphatic rings. The summed E-state index contributed by atoms with van der Waals surface area (Å²) >= 11 is 0. The van der Waals surface area contributed by atoms with Crippen molar-refractivity contribution >= 4 is 5.91 Å². The number of methoxy groups -OCH3 is 1. The van der Waals surface area contributed by atoms with E-state index >= 15 is 0 Å². The molecule has 6 heteroatoms. The molecule has 0 unspecified atom stereocenters. The fourth-order valence-corrected chi connectivity index (χ4v) is 3.22. The molecule has 2 aromatic rings. The maximum atomic E-state index is 12.4. The highest BCUT2D eigenvalue weighted by molar-refractivity contribution is 5.76. The first-order valence-corrected chi connectivity index (χ1v) is 9.11. The fourth-order valence-electron chi connectivity index (χ4n) is 3.22. The predicted molar refractivity (Wildman–Crippen MR) is 98.9 cm³/mol. The number of piperidine rings is 1. The van der Waals surface area contributed by atoms with Gasteiger partial charge in [0, 0.05) is 31.0 Å². The molecule has 0 radical (unpaired) electrons. The molecule has 3 rings (SSSR count). The number of carbonyl (C=O) groups is 1. The third kappa shape index (κ3) is 4.42. The number of ether oxygens (including phenoxy) is 1. The Hall–Kier alpha value is -2.37. The molecule has 1 aliphatic heterocycles. The van der Waals surface area contributed by atoms with Crippen molar-refractivity contribution in [2.75, 3.05) is 20.2 Å². The van der Waals surface area contributed by atoms with Crippen LogP contribution in [0.3, 0.4) is 0 Å². The summed E-state index contributed by atoms with van der Waals surface area (Å²) in [6, 6.07) is 7.62. The molecule has 0 N–H and O–H groups in total. The highest BCUT2D eigenvalue weighted by Crippen LogP contribution is 2.30. The van der Waals surface area contributed by atoms with Crippen LogP contribution in [0.4, 0.5) is 0 Å². The average Bonchev–Trinajstić information content (AvgIpc) is 3.10. The lowest BCUT2D eigenvalue weighted by molar-refractivity contribution is -0.134. The van der Waals surface area contributed by atoms with Crippen molar-refractivity contribution in [2.24, 2.45) is 5.41 Å². The van der Waals surface area contributed by atoms with Crippen molar-refractivity contribution in [2.45, 2.75) is 46.0 Å². The molecule has 26 heavy (non-hydrogen) atoms. The van der Waals surface area contributed by atoms with Crippen molar-refractivity contribution < 1.29 is 14.1 Å². The Kier molecular flexibility index (Phi) is 5.30.